The molecule has 2 aromatic carbocycles. The van der Waals surface area contributed by atoms with Gasteiger partial charge in [0.05, 0.1) is 20.3 Å². The molecule has 0 radical (unpaired) electrons. The fourth-order valence-electron chi connectivity index (χ4n) is 2.70. The van der Waals surface area contributed by atoms with Gasteiger partial charge in [-0.25, -0.2) is 0 Å². The maximum absolute atomic E-state index is 12.9. The van der Waals surface area contributed by atoms with Gasteiger partial charge in [-0.2, -0.15) is 0 Å². The number of benzene rings is 2. The number of amides is 1. The number of hydrogen-bond donors (Lipinski definition) is 1. The van der Waals surface area contributed by atoms with Crippen LogP contribution in [0.15, 0.2) is 48.5 Å². The highest BCUT2D eigenvalue weighted by atomic mass is 35.5. The predicted molar refractivity (Wildman–Crippen MR) is 112 cm³/mol. The van der Waals surface area contributed by atoms with Gasteiger partial charge in [0.15, 0.2) is 0 Å². The van der Waals surface area contributed by atoms with E-state index in [2.05, 4.69) is 38.1 Å². The first-order valence-corrected chi connectivity index (χ1v) is 8.75. The van der Waals surface area contributed by atoms with Crippen LogP contribution in [0.2, 0.25) is 0 Å². The van der Waals surface area contributed by atoms with E-state index in [0.717, 1.165) is 17.0 Å². The minimum Gasteiger partial charge on any atom is -0.497 e. The highest BCUT2D eigenvalue weighted by Crippen LogP contribution is 2.23. The van der Waals surface area contributed by atoms with E-state index >= 15 is 0 Å². The van der Waals surface area contributed by atoms with Crippen molar-refractivity contribution < 1.29 is 14.3 Å². The van der Waals surface area contributed by atoms with Crippen molar-refractivity contribution >= 4 is 24.0 Å². The summed E-state index contributed by atoms with van der Waals surface area (Å²) < 4.78 is 10.2. The van der Waals surface area contributed by atoms with Crippen LogP contribution >= 0.6 is 12.4 Å². The Balaban J connectivity index is 0.00000364. The van der Waals surface area contributed by atoms with Crippen molar-refractivity contribution in [1.29, 1.82) is 0 Å². The highest BCUT2D eigenvalue weighted by Gasteiger charge is 2.23. The zero-order chi connectivity index (χ0) is 19.1. The molecule has 0 aliphatic heterocycles. The molecule has 0 aliphatic rings. The predicted octanol–water partition coefficient (Wildman–Crippen LogP) is 3.75. The van der Waals surface area contributed by atoms with Gasteiger partial charge in [-0.3, -0.25) is 4.79 Å². The molecule has 0 aliphatic carbocycles. The van der Waals surface area contributed by atoms with Gasteiger partial charge in [-0.1, -0.05) is 38.1 Å². The van der Waals surface area contributed by atoms with Crippen molar-refractivity contribution in [3.63, 3.8) is 0 Å². The lowest BCUT2D eigenvalue weighted by Gasteiger charge is -2.26. The lowest BCUT2D eigenvalue weighted by atomic mass is 10.0. The molecule has 0 aromatic heterocycles. The van der Waals surface area contributed by atoms with Crippen LogP contribution in [0.4, 0.5) is 5.69 Å². The smallest absolute Gasteiger partial charge is 0.246 e. The van der Waals surface area contributed by atoms with Crippen LogP contribution in [0.3, 0.4) is 0 Å². The molecule has 1 amide bonds. The van der Waals surface area contributed by atoms with Crippen LogP contribution < -0.4 is 15.4 Å². The number of carbonyl (C=O) groups is 1. The van der Waals surface area contributed by atoms with Gasteiger partial charge in [0.25, 0.3) is 0 Å². The number of nitrogens with zero attached hydrogens (tertiary/aromatic N) is 1. The lowest BCUT2D eigenvalue weighted by Crippen LogP contribution is -2.46. The Kier molecular flexibility index (Phi) is 9.29. The number of halogens is 1. The molecule has 0 saturated carbocycles. The minimum absolute atomic E-state index is 0. The third-order valence-electron chi connectivity index (χ3n) is 4.30. The molecule has 2 aromatic rings. The van der Waals surface area contributed by atoms with E-state index in [9.17, 15) is 4.79 Å². The summed E-state index contributed by atoms with van der Waals surface area (Å²) in [5.41, 5.74) is 9.09. The fraction of sp³-hybridized carbons (Fsp3) is 0.381. The summed E-state index contributed by atoms with van der Waals surface area (Å²) in [5.74, 6) is 1.03. The summed E-state index contributed by atoms with van der Waals surface area (Å²) in [6, 6.07) is 15.0. The van der Waals surface area contributed by atoms with Crippen LogP contribution in [0.5, 0.6) is 5.75 Å². The van der Waals surface area contributed by atoms with Gasteiger partial charge in [0, 0.05) is 12.8 Å². The van der Waals surface area contributed by atoms with Crippen molar-refractivity contribution in [2.24, 2.45) is 5.73 Å². The molecule has 6 heteroatoms. The molecule has 27 heavy (non-hydrogen) atoms. The maximum atomic E-state index is 12.9. The molecule has 2 rings (SSSR count). The Morgan fingerprint density at radius 3 is 2.11 bits per heavy atom. The van der Waals surface area contributed by atoms with Gasteiger partial charge < -0.3 is 20.1 Å². The van der Waals surface area contributed by atoms with Crippen LogP contribution in [0, 0.1) is 0 Å². The van der Waals surface area contributed by atoms with Gasteiger partial charge in [0.1, 0.15) is 11.8 Å². The normalized spacial score (nSPS) is 11.6. The summed E-state index contributed by atoms with van der Waals surface area (Å²) in [7, 11) is 3.15. The van der Waals surface area contributed by atoms with E-state index in [4.69, 9.17) is 15.2 Å². The molecule has 0 heterocycles. The summed E-state index contributed by atoms with van der Waals surface area (Å²) in [5, 5.41) is 0. The Hall–Kier alpha value is -2.08. The van der Waals surface area contributed by atoms with Crippen molar-refractivity contribution in [1.82, 2.24) is 0 Å². The fourth-order valence-corrected chi connectivity index (χ4v) is 2.70. The zero-order valence-corrected chi connectivity index (χ0v) is 17.2. The van der Waals surface area contributed by atoms with Crippen molar-refractivity contribution in [2.45, 2.75) is 32.4 Å². The van der Waals surface area contributed by atoms with Crippen LogP contribution in [-0.2, 0) is 16.1 Å². The van der Waals surface area contributed by atoms with Crippen molar-refractivity contribution in [2.75, 3.05) is 25.7 Å². The number of anilines is 1. The molecule has 1 atom stereocenters. The molecule has 0 fully saturated rings. The van der Waals surface area contributed by atoms with Crippen molar-refractivity contribution in [3.8, 4) is 5.75 Å². The first-order valence-electron chi connectivity index (χ1n) is 8.75. The molecular formula is C21H29ClN2O3. The van der Waals surface area contributed by atoms with E-state index in [0.29, 0.717) is 12.5 Å². The van der Waals surface area contributed by atoms with Gasteiger partial charge in [-0.05, 0) is 41.3 Å². The zero-order valence-electron chi connectivity index (χ0n) is 16.3. The Morgan fingerprint density at radius 1 is 1.04 bits per heavy atom. The van der Waals surface area contributed by atoms with E-state index in [1.54, 1.807) is 12.0 Å². The Bertz CT molecular complexity index is 702. The minimum atomic E-state index is -0.711. The molecule has 0 bridgehead atoms. The molecule has 148 valence electrons. The van der Waals surface area contributed by atoms with Crippen LogP contribution in [0.25, 0.3) is 0 Å². The monoisotopic (exact) mass is 392 g/mol. The SMILES string of the molecule is COCC(N)C(=O)N(Cc1ccc(C(C)C)cc1)c1ccc(OC)cc1.Cl. The number of carbonyl (C=O) groups excluding carboxylic acids is 1. The van der Waals surface area contributed by atoms with E-state index in [1.165, 1.54) is 12.7 Å². The van der Waals surface area contributed by atoms with E-state index < -0.39 is 6.04 Å². The Morgan fingerprint density at radius 2 is 1.63 bits per heavy atom. The molecular weight excluding hydrogens is 364 g/mol. The third-order valence-corrected chi connectivity index (χ3v) is 4.30. The van der Waals surface area contributed by atoms with Gasteiger partial charge in [-0.15, -0.1) is 12.4 Å². The van der Waals surface area contributed by atoms with Gasteiger partial charge in [0.2, 0.25) is 5.91 Å². The highest BCUT2D eigenvalue weighted by molar-refractivity contribution is 5.97. The molecule has 0 saturated heterocycles. The molecule has 2 N–H and O–H groups in total. The number of ether oxygens (including phenoxy) is 2. The summed E-state index contributed by atoms with van der Waals surface area (Å²) in [4.78, 5) is 14.5. The number of rotatable bonds is 8. The third kappa shape index (κ3) is 6.24. The lowest BCUT2D eigenvalue weighted by molar-refractivity contribution is -0.121. The topological polar surface area (TPSA) is 64.8 Å². The summed E-state index contributed by atoms with van der Waals surface area (Å²) in [6.45, 7) is 4.94. The van der Waals surface area contributed by atoms with Crippen LogP contribution in [0.1, 0.15) is 30.9 Å². The first-order chi connectivity index (χ1) is 12.5. The quantitative estimate of drug-likeness (QED) is 0.743. The number of nitrogens with two attached hydrogens (primary N) is 1. The molecule has 1 unspecified atom stereocenters. The average molecular weight is 393 g/mol. The standard InChI is InChI=1S/C21H28N2O3.ClH/c1-15(2)17-7-5-16(6-8-17)13-23(21(24)20(22)14-25-3)18-9-11-19(26-4)12-10-18;/h5-12,15,20H,13-14,22H2,1-4H3;1H. The van der Waals surface area contributed by atoms with Gasteiger partial charge >= 0.3 is 0 Å². The van der Waals surface area contributed by atoms with E-state index in [1.807, 2.05) is 24.3 Å². The molecule has 0 spiro atoms. The van der Waals surface area contributed by atoms with E-state index in [-0.39, 0.29) is 24.9 Å². The average Bonchev–Trinajstić information content (AvgIpc) is 2.66. The molecule has 5 nitrogen and oxygen atoms in total. The maximum Gasteiger partial charge on any atom is 0.246 e. The second-order valence-corrected chi connectivity index (χ2v) is 6.58. The first kappa shape index (κ1) is 23.0. The Labute approximate surface area is 167 Å². The summed E-state index contributed by atoms with van der Waals surface area (Å²) in [6.07, 6.45) is 0. The largest absolute Gasteiger partial charge is 0.497 e. The number of hydrogen-bond acceptors (Lipinski definition) is 4. The summed E-state index contributed by atoms with van der Waals surface area (Å²) >= 11 is 0. The second-order valence-electron chi connectivity index (χ2n) is 6.58. The number of methoxy groups -OCH3 is 2. The van der Waals surface area contributed by atoms with Crippen LogP contribution in [-0.4, -0.2) is 32.8 Å². The van der Waals surface area contributed by atoms with Crippen molar-refractivity contribution in [3.05, 3.63) is 59.7 Å². The second kappa shape index (κ2) is 10.9.